The molecule has 2 rings (SSSR count). The fourth-order valence-electron chi connectivity index (χ4n) is 1.82. The first kappa shape index (κ1) is 15.8. The number of nitrogens with zero attached hydrogens (tertiary/aromatic N) is 2. The minimum atomic E-state index is -0.425. The van der Waals surface area contributed by atoms with Gasteiger partial charge in [-0.1, -0.05) is 6.07 Å². The molecule has 0 radical (unpaired) electrons. The van der Waals surface area contributed by atoms with E-state index in [4.69, 9.17) is 4.74 Å². The topological polar surface area (TPSA) is 76.1 Å². The van der Waals surface area contributed by atoms with Crippen LogP contribution in [0.1, 0.15) is 16.3 Å². The van der Waals surface area contributed by atoms with Gasteiger partial charge in [-0.3, -0.25) is 4.79 Å². The first-order chi connectivity index (χ1) is 10.6. The lowest BCUT2D eigenvalue weighted by Crippen LogP contribution is -2.16. The van der Waals surface area contributed by atoms with Crippen molar-refractivity contribution >= 4 is 17.4 Å². The van der Waals surface area contributed by atoms with Gasteiger partial charge in [-0.2, -0.15) is 0 Å². The van der Waals surface area contributed by atoms with Crippen LogP contribution in [0.3, 0.4) is 0 Å². The number of carbonyl (C=O) groups is 1. The maximum atomic E-state index is 13.1. The molecule has 0 aliphatic heterocycles. The number of halogens is 1. The molecule has 0 saturated carbocycles. The van der Waals surface area contributed by atoms with Gasteiger partial charge in [-0.05, 0) is 25.1 Å². The number of hydrogen-bond acceptors (Lipinski definition) is 5. The Labute approximate surface area is 127 Å². The third-order valence-corrected chi connectivity index (χ3v) is 2.77. The molecule has 1 aromatic heterocycles. The van der Waals surface area contributed by atoms with E-state index >= 15 is 0 Å². The third kappa shape index (κ3) is 4.49. The van der Waals surface area contributed by atoms with Crippen molar-refractivity contribution in [3.05, 3.63) is 47.7 Å². The molecular formula is C15H17FN4O2. The Balaban J connectivity index is 2.11. The van der Waals surface area contributed by atoms with Crippen LogP contribution in [0.4, 0.5) is 15.9 Å². The quantitative estimate of drug-likeness (QED) is 0.800. The van der Waals surface area contributed by atoms with E-state index in [0.717, 1.165) is 0 Å². The smallest absolute Gasteiger partial charge is 0.274 e. The summed E-state index contributed by atoms with van der Waals surface area (Å²) in [4.78, 5) is 20.5. The lowest BCUT2D eigenvalue weighted by molar-refractivity contribution is 0.102. The molecule has 0 bridgehead atoms. The van der Waals surface area contributed by atoms with Crippen molar-refractivity contribution in [1.82, 2.24) is 9.97 Å². The van der Waals surface area contributed by atoms with Gasteiger partial charge in [-0.25, -0.2) is 14.4 Å². The Kier molecular flexibility index (Phi) is 5.37. The van der Waals surface area contributed by atoms with Crippen LogP contribution in [0.15, 0.2) is 30.3 Å². The highest BCUT2D eigenvalue weighted by Gasteiger charge is 2.11. The molecule has 0 spiro atoms. The molecule has 0 atom stereocenters. The van der Waals surface area contributed by atoms with Gasteiger partial charge in [0.1, 0.15) is 23.2 Å². The van der Waals surface area contributed by atoms with Crippen molar-refractivity contribution in [3.63, 3.8) is 0 Å². The molecule has 6 nitrogen and oxygen atoms in total. The molecule has 116 valence electrons. The average Bonchev–Trinajstić information content (AvgIpc) is 2.47. The molecule has 1 aromatic carbocycles. The van der Waals surface area contributed by atoms with Gasteiger partial charge < -0.3 is 15.4 Å². The van der Waals surface area contributed by atoms with Crippen LogP contribution >= 0.6 is 0 Å². The zero-order chi connectivity index (χ0) is 15.9. The molecule has 1 amide bonds. The predicted octanol–water partition coefficient (Wildman–Crippen LogP) is 2.23. The fraction of sp³-hybridized carbons (Fsp3) is 0.267. The zero-order valence-electron chi connectivity index (χ0n) is 12.4. The van der Waals surface area contributed by atoms with Crippen LogP contribution in [0.5, 0.6) is 0 Å². The first-order valence-corrected chi connectivity index (χ1v) is 6.74. The molecule has 7 heteroatoms. The van der Waals surface area contributed by atoms with E-state index in [1.165, 1.54) is 24.3 Å². The Morgan fingerprint density at radius 3 is 2.86 bits per heavy atom. The van der Waals surface area contributed by atoms with Gasteiger partial charge in [0.25, 0.3) is 5.91 Å². The lowest BCUT2D eigenvalue weighted by atomic mass is 10.3. The molecule has 2 N–H and O–H groups in total. The SMILES string of the molecule is COCCNc1cc(C(=O)Nc2cccc(F)c2)nc(C)n1. The monoisotopic (exact) mass is 304 g/mol. The number of aromatic nitrogens is 2. The number of ether oxygens (including phenoxy) is 1. The number of methoxy groups -OCH3 is 1. The Bertz CT molecular complexity index is 664. The van der Waals surface area contributed by atoms with Gasteiger partial charge >= 0.3 is 0 Å². The predicted molar refractivity (Wildman–Crippen MR) is 81.5 cm³/mol. The van der Waals surface area contributed by atoms with E-state index in [9.17, 15) is 9.18 Å². The van der Waals surface area contributed by atoms with Crippen LogP contribution < -0.4 is 10.6 Å². The first-order valence-electron chi connectivity index (χ1n) is 6.74. The summed E-state index contributed by atoms with van der Waals surface area (Å²) in [6.07, 6.45) is 0. The third-order valence-electron chi connectivity index (χ3n) is 2.77. The number of carbonyl (C=O) groups excluding carboxylic acids is 1. The number of amides is 1. The van der Waals surface area contributed by atoms with Crippen LogP contribution in [-0.4, -0.2) is 36.1 Å². The molecule has 0 fully saturated rings. The molecule has 1 heterocycles. The van der Waals surface area contributed by atoms with Gasteiger partial charge in [0.2, 0.25) is 0 Å². The van der Waals surface area contributed by atoms with Gasteiger partial charge in [0.15, 0.2) is 0 Å². The van der Waals surface area contributed by atoms with E-state index in [-0.39, 0.29) is 5.69 Å². The van der Waals surface area contributed by atoms with Crippen molar-refractivity contribution in [1.29, 1.82) is 0 Å². The number of aryl methyl sites for hydroxylation is 1. The summed E-state index contributed by atoms with van der Waals surface area (Å²) >= 11 is 0. The largest absolute Gasteiger partial charge is 0.383 e. The van der Waals surface area contributed by atoms with Crippen molar-refractivity contribution < 1.29 is 13.9 Å². The second-order valence-electron chi connectivity index (χ2n) is 4.57. The van der Waals surface area contributed by atoms with E-state index in [0.29, 0.717) is 30.5 Å². The highest BCUT2D eigenvalue weighted by molar-refractivity contribution is 6.03. The number of hydrogen-bond donors (Lipinski definition) is 2. The van der Waals surface area contributed by atoms with Crippen molar-refractivity contribution in [2.45, 2.75) is 6.92 Å². The minimum Gasteiger partial charge on any atom is -0.383 e. The van der Waals surface area contributed by atoms with Crippen molar-refractivity contribution in [3.8, 4) is 0 Å². The maximum Gasteiger partial charge on any atom is 0.274 e. The molecule has 0 aliphatic carbocycles. The summed E-state index contributed by atoms with van der Waals surface area (Å²) in [7, 11) is 1.60. The normalized spacial score (nSPS) is 10.3. The summed E-state index contributed by atoms with van der Waals surface area (Å²) in [6, 6.07) is 7.21. The summed E-state index contributed by atoms with van der Waals surface area (Å²) < 4.78 is 18.1. The zero-order valence-corrected chi connectivity index (χ0v) is 12.4. The van der Waals surface area contributed by atoms with Crippen molar-refractivity contribution in [2.24, 2.45) is 0 Å². The Hall–Kier alpha value is -2.54. The molecule has 2 aromatic rings. The molecule has 22 heavy (non-hydrogen) atoms. The molecule has 0 saturated heterocycles. The summed E-state index contributed by atoms with van der Waals surface area (Å²) in [5, 5.41) is 5.64. The summed E-state index contributed by atoms with van der Waals surface area (Å²) in [6.45, 7) is 2.78. The van der Waals surface area contributed by atoms with Gasteiger partial charge in [0, 0.05) is 25.4 Å². The van der Waals surface area contributed by atoms with E-state index in [2.05, 4.69) is 20.6 Å². The molecular weight excluding hydrogens is 287 g/mol. The average molecular weight is 304 g/mol. The second-order valence-corrected chi connectivity index (χ2v) is 4.57. The van der Waals surface area contributed by atoms with Crippen LogP contribution in [-0.2, 0) is 4.74 Å². The highest BCUT2D eigenvalue weighted by atomic mass is 19.1. The summed E-state index contributed by atoms with van der Waals surface area (Å²) in [5.41, 5.74) is 0.576. The Morgan fingerprint density at radius 1 is 1.32 bits per heavy atom. The maximum absolute atomic E-state index is 13.1. The molecule has 0 aliphatic rings. The van der Waals surface area contributed by atoms with Gasteiger partial charge in [-0.15, -0.1) is 0 Å². The second kappa shape index (κ2) is 7.46. The van der Waals surface area contributed by atoms with E-state index < -0.39 is 11.7 Å². The van der Waals surface area contributed by atoms with Crippen molar-refractivity contribution in [2.75, 3.05) is 30.9 Å². The number of anilines is 2. The van der Waals surface area contributed by atoms with E-state index in [1.807, 2.05) is 0 Å². The van der Waals surface area contributed by atoms with Crippen LogP contribution in [0.2, 0.25) is 0 Å². The fourth-order valence-corrected chi connectivity index (χ4v) is 1.82. The number of rotatable bonds is 6. The Morgan fingerprint density at radius 2 is 2.14 bits per heavy atom. The minimum absolute atomic E-state index is 0.205. The van der Waals surface area contributed by atoms with Crippen LogP contribution in [0, 0.1) is 12.7 Å². The van der Waals surface area contributed by atoms with Crippen LogP contribution in [0.25, 0.3) is 0 Å². The highest BCUT2D eigenvalue weighted by Crippen LogP contribution is 2.12. The van der Waals surface area contributed by atoms with Gasteiger partial charge in [0.05, 0.1) is 6.61 Å². The standard InChI is InChI=1S/C15H17FN4O2/c1-10-18-13(9-14(19-10)17-6-7-22-2)15(21)20-12-5-3-4-11(16)8-12/h3-5,8-9H,6-7H2,1-2H3,(H,20,21)(H,17,18,19). The molecule has 0 unspecified atom stereocenters. The number of benzene rings is 1. The summed E-state index contributed by atoms with van der Waals surface area (Å²) in [5.74, 6) is 0.158. The lowest BCUT2D eigenvalue weighted by Gasteiger charge is -2.09. The van der Waals surface area contributed by atoms with E-state index in [1.54, 1.807) is 20.1 Å². The number of nitrogens with one attached hydrogen (secondary N) is 2.